The Morgan fingerprint density at radius 2 is 1.93 bits per heavy atom. The van der Waals surface area contributed by atoms with Gasteiger partial charge >= 0.3 is 0 Å². The highest BCUT2D eigenvalue weighted by molar-refractivity contribution is 8.15. The molecule has 1 fully saturated rings. The summed E-state index contributed by atoms with van der Waals surface area (Å²) in [6.45, 7) is 0.475. The number of nitrogens with zero attached hydrogens (tertiary/aromatic N) is 2. The summed E-state index contributed by atoms with van der Waals surface area (Å²) in [5, 5.41) is 3.33. The standard InChI is InChI=1S/C21H22ClN3O3S/c1-23-20(27)18-13-19(26)25(12-11-14-3-5-15(22)6-4-14)21(29-18)24-16-7-9-17(28-2)10-8-16/h3-10,18H,11-13H2,1-2H3,(H,23,27). The summed E-state index contributed by atoms with van der Waals surface area (Å²) in [7, 11) is 3.17. The fourth-order valence-electron chi connectivity index (χ4n) is 2.88. The third-order valence-corrected chi connectivity index (χ3v) is 5.95. The van der Waals surface area contributed by atoms with Crippen LogP contribution in [-0.4, -0.2) is 47.8 Å². The van der Waals surface area contributed by atoms with E-state index in [1.807, 2.05) is 48.5 Å². The number of amides is 2. The first kappa shape index (κ1) is 21.2. The fraction of sp³-hybridized carbons (Fsp3) is 0.286. The molecule has 1 heterocycles. The van der Waals surface area contributed by atoms with E-state index in [0.717, 1.165) is 11.3 Å². The average Bonchev–Trinajstić information content (AvgIpc) is 2.74. The molecule has 1 N–H and O–H groups in total. The van der Waals surface area contributed by atoms with Crippen LogP contribution in [0.2, 0.25) is 5.02 Å². The van der Waals surface area contributed by atoms with Crippen LogP contribution in [0.4, 0.5) is 5.69 Å². The number of aliphatic imine (C=N–C) groups is 1. The SMILES string of the molecule is CNC(=O)C1CC(=O)N(CCc2ccc(Cl)cc2)C(=Nc2ccc(OC)cc2)S1. The Hall–Kier alpha value is -2.51. The first-order valence-corrected chi connectivity index (χ1v) is 10.4. The van der Waals surface area contributed by atoms with Gasteiger partial charge in [-0.3, -0.25) is 14.5 Å². The summed E-state index contributed by atoms with van der Waals surface area (Å²) in [5.41, 5.74) is 1.76. The normalized spacial score (nSPS) is 18.0. The number of halogens is 1. The molecule has 1 aliphatic rings. The number of carbonyl (C=O) groups is 2. The lowest BCUT2D eigenvalue weighted by atomic mass is 10.1. The monoisotopic (exact) mass is 431 g/mol. The van der Waals surface area contributed by atoms with Crippen molar-refractivity contribution in [1.82, 2.24) is 10.2 Å². The van der Waals surface area contributed by atoms with Gasteiger partial charge in [-0.15, -0.1) is 0 Å². The van der Waals surface area contributed by atoms with Crippen LogP contribution in [0, 0.1) is 0 Å². The first-order chi connectivity index (χ1) is 14.0. The molecule has 1 atom stereocenters. The topological polar surface area (TPSA) is 71.0 Å². The van der Waals surface area contributed by atoms with Gasteiger partial charge in [-0.1, -0.05) is 35.5 Å². The molecule has 6 nitrogen and oxygen atoms in total. The second-order valence-electron chi connectivity index (χ2n) is 6.44. The molecule has 2 aromatic rings. The maximum absolute atomic E-state index is 12.8. The predicted molar refractivity (Wildman–Crippen MR) is 117 cm³/mol. The van der Waals surface area contributed by atoms with Crippen LogP contribution in [0.3, 0.4) is 0 Å². The molecule has 0 bridgehead atoms. The number of hydrogen-bond acceptors (Lipinski definition) is 5. The zero-order chi connectivity index (χ0) is 20.8. The minimum atomic E-state index is -0.490. The van der Waals surface area contributed by atoms with Crippen LogP contribution in [0.15, 0.2) is 53.5 Å². The van der Waals surface area contributed by atoms with E-state index in [9.17, 15) is 9.59 Å². The van der Waals surface area contributed by atoms with Crippen LogP contribution < -0.4 is 10.1 Å². The molecule has 2 amide bonds. The summed E-state index contributed by atoms with van der Waals surface area (Å²) >= 11 is 7.25. The highest BCUT2D eigenvalue weighted by Crippen LogP contribution is 2.30. The van der Waals surface area contributed by atoms with Gasteiger partial charge in [-0.05, 0) is 48.4 Å². The van der Waals surface area contributed by atoms with Crippen LogP contribution in [0.25, 0.3) is 0 Å². The molecule has 1 unspecified atom stereocenters. The van der Waals surface area contributed by atoms with Crippen molar-refractivity contribution in [3.8, 4) is 5.75 Å². The molecule has 1 aliphatic heterocycles. The van der Waals surface area contributed by atoms with Gasteiger partial charge in [0.25, 0.3) is 0 Å². The lowest BCUT2D eigenvalue weighted by Crippen LogP contribution is -2.46. The van der Waals surface area contributed by atoms with Crippen molar-refractivity contribution in [1.29, 1.82) is 0 Å². The van der Waals surface area contributed by atoms with E-state index in [2.05, 4.69) is 10.3 Å². The number of nitrogens with one attached hydrogen (secondary N) is 1. The molecule has 0 radical (unpaired) electrons. The van der Waals surface area contributed by atoms with Crippen molar-refractivity contribution in [2.45, 2.75) is 18.1 Å². The van der Waals surface area contributed by atoms with E-state index >= 15 is 0 Å². The maximum atomic E-state index is 12.8. The first-order valence-electron chi connectivity index (χ1n) is 9.16. The second-order valence-corrected chi connectivity index (χ2v) is 8.05. The highest BCUT2D eigenvalue weighted by Gasteiger charge is 2.35. The molecule has 29 heavy (non-hydrogen) atoms. The van der Waals surface area contributed by atoms with Crippen molar-refractivity contribution in [3.63, 3.8) is 0 Å². The maximum Gasteiger partial charge on any atom is 0.233 e. The molecule has 0 spiro atoms. The number of amidine groups is 1. The van der Waals surface area contributed by atoms with E-state index in [4.69, 9.17) is 16.3 Å². The van der Waals surface area contributed by atoms with Gasteiger partial charge in [-0.2, -0.15) is 0 Å². The number of carbonyl (C=O) groups excluding carboxylic acids is 2. The van der Waals surface area contributed by atoms with Gasteiger partial charge in [0.1, 0.15) is 5.75 Å². The van der Waals surface area contributed by atoms with Crippen LogP contribution in [0.1, 0.15) is 12.0 Å². The Labute approximate surface area is 179 Å². The molecule has 1 saturated heterocycles. The van der Waals surface area contributed by atoms with Gasteiger partial charge in [0, 0.05) is 25.0 Å². The lowest BCUT2D eigenvalue weighted by Gasteiger charge is -2.31. The molecular formula is C21H22ClN3O3S. The van der Waals surface area contributed by atoms with E-state index in [-0.39, 0.29) is 18.2 Å². The van der Waals surface area contributed by atoms with Crippen LogP contribution in [-0.2, 0) is 16.0 Å². The lowest BCUT2D eigenvalue weighted by molar-refractivity contribution is -0.130. The van der Waals surface area contributed by atoms with Crippen LogP contribution >= 0.6 is 23.4 Å². The summed E-state index contributed by atoms with van der Waals surface area (Å²) < 4.78 is 5.18. The Bertz CT molecular complexity index is 900. The van der Waals surface area contributed by atoms with Crippen molar-refractivity contribution < 1.29 is 14.3 Å². The summed E-state index contributed by atoms with van der Waals surface area (Å²) in [5.74, 6) is 0.436. The van der Waals surface area contributed by atoms with Gasteiger partial charge in [0.05, 0.1) is 18.0 Å². The summed E-state index contributed by atoms with van der Waals surface area (Å²) in [4.78, 5) is 31.2. The van der Waals surface area contributed by atoms with Crippen molar-refractivity contribution in [2.24, 2.45) is 4.99 Å². The van der Waals surface area contributed by atoms with Crippen molar-refractivity contribution in [2.75, 3.05) is 20.7 Å². The van der Waals surface area contributed by atoms with E-state index in [0.29, 0.717) is 28.8 Å². The van der Waals surface area contributed by atoms with Gasteiger partial charge in [-0.25, -0.2) is 4.99 Å². The second kappa shape index (κ2) is 9.80. The number of methoxy groups -OCH3 is 1. The predicted octanol–water partition coefficient (Wildman–Crippen LogP) is 3.66. The molecule has 0 aromatic heterocycles. The summed E-state index contributed by atoms with van der Waals surface area (Å²) in [6.07, 6.45) is 0.808. The quantitative estimate of drug-likeness (QED) is 0.757. The van der Waals surface area contributed by atoms with Gasteiger partial charge in [0.2, 0.25) is 11.8 Å². The van der Waals surface area contributed by atoms with Crippen molar-refractivity contribution in [3.05, 3.63) is 59.1 Å². The van der Waals surface area contributed by atoms with E-state index in [1.165, 1.54) is 11.8 Å². The fourth-order valence-corrected chi connectivity index (χ4v) is 4.19. The van der Waals surface area contributed by atoms with Crippen molar-refractivity contribution >= 4 is 46.0 Å². The third-order valence-electron chi connectivity index (χ3n) is 4.51. The third kappa shape index (κ3) is 5.52. The number of rotatable bonds is 6. The molecule has 2 aromatic carbocycles. The Morgan fingerprint density at radius 1 is 1.24 bits per heavy atom. The molecule has 0 aliphatic carbocycles. The Morgan fingerprint density at radius 3 is 2.55 bits per heavy atom. The summed E-state index contributed by atoms with van der Waals surface area (Å²) in [6, 6.07) is 14.8. The van der Waals surface area contributed by atoms with Gasteiger partial charge in [0.15, 0.2) is 5.17 Å². The average molecular weight is 432 g/mol. The number of ether oxygens (including phenoxy) is 1. The largest absolute Gasteiger partial charge is 0.497 e. The molecule has 3 rings (SSSR count). The van der Waals surface area contributed by atoms with E-state index in [1.54, 1.807) is 19.1 Å². The highest BCUT2D eigenvalue weighted by atomic mass is 35.5. The van der Waals surface area contributed by atoms with Gasteiger partial charge < -0.3 is 10.1 Å². The molecule has 152 valence electrons. The number of benzene rings is 2. The molecule has 8 heteroatoms. The van der Waals surface area contributed by atoms with Crippen LogP contribution in [0.5, 0.6) is 5.75 Å². The number of hydrogen-bond donors (Lipinski definition) is 1. The molecular weight excluding hydrogens is 410 g/mol. The Balaban J connectivity index is 1.83. The smallest absolute Gasteiger partial charge is 0.233 e. The van der Waals surface area contributed by atoms with E-state index < -0.39 is 5.25 Å². The number of thioether (sulfide) groups is 1. The molecule has 0 saturated carbocycles. The zero-order valence-corrected chi connectivity index (χ0v) is 17.8. The zero-order valence-electron chi connectivity index (χ0n) is 16.2. The minimum Gasteiger partial charge on any atom is -0.497 e. The minimum absolute atomic E-state index is 0.112. The Kier molecular flexibility index (Phi) is 7.17.